The van der Waals surface area contributed by atoms with Crippen molar-refractivity contribution in [2.24, 2.45) is 0 Å². The summed E-state index contributed by atoms with van der Waals surface area (Å²) in [5.41, 5.74) is 8.97. The van der Waals surface area contributed by atoms with Gasteiger partial charge in [0.25, 0.3) is 0 Å². The fraction of sp³-hybridized carbons (Fsp3) is 0.0204. The number of para-hydroxylation sites is 1. The summed E-state index contributed by atoms with van der Waals surface area (Å²) in [6, 6.07) is 50.8. The molecule has 0 N–H and O–H groups in total. The molecule has 1 heterocycles. The normalized spacial score (nSPS) is 14.8. The summed E-state index contributed by atoms with van der Waals surface area (Å²) >= 11 is 0. The molecule has 0 spiro atoms. The summed E-state index contributed by atoms with van der Waals surface area (Å²) in [7, 11) is 0. The Morgan fingerprint density at radius 1 is 0.471 bits per heavy atom. The Kier molecular flexibility index (Phi) is 5.28. The standard InChI is InChI=1S/C49H33NO/c1-4-15-34(16-5-1)35-27-29-38(30-28-35)50(45-24-14-26-47-48(45)42-22-11-13-25-46(42)51-47)39-31-32-41-40-21-10-12-23-43(40)49(44(41)33-39,36-17-6-2-7-18-36)37-19-8-3-9-20-37/h1-33H/i11D,13D,14D,22D,24D,25D,26D. The molecular formula is C49H33NO. The van der Waals surface area contributed by atoms with Gasteiger partial charge in [-0.3, -0.25) is 0 Å². The molecule has 0 bridgehead atoms. The first-order valence-electron chi connectivity index (χ1n) is 20.4. The molecule has 2 heteroatoms. The van der Waals surface area contributed by atoms with E-state index in [1.54, 1.807) is 0 Å². The lowest BCUT2D eigenvalue weighted by atomic mass is 9.67. The zero-order valence-electron chi connectivity index (χ0n) is 34.4. The van der Waals surface area contributed by atoms with Crippen molar-refractivity contribution in [3.63, 3.8) is 0 Å². The molecule has 0 aliphatic heterocycles. The van der Waals surface area contributed by atoms with Crippen LogP contribution in [-0.4, -0.2) is 0 Å². The van der Waals surface area contributed by atoms with Gasteiger partial charge in [-0.1, -0.05) is 158 Å². The number of benzene rings is 8. The maximum absolute atomic E-state index is 9.58. The maximum atomic E-state index is 9.58. The van der Waals surface area contributed by atoms with Crippen LogP contribution in [0.25, 0.3) is 44.2 Å². The summed E-state index contributed by atoms with van der Waals surface area (Å²) in [5.74, 6) is 0. The second kappa shape index (κ2) is 11.8. The Hall–Kier alpha value is -6.64. The van der Waals surface area contributed by atoms with Gasteiger partial charge in [-0.25, -0.2) is 0 Å². The van der Waals surface area contributed by atoms with E-state index in [9.17, 15) is 1.37 Å². The molecule has 0 amide bonds. The predicted octanol–water partition coefficient (Wildman–Crippen LogP) is 13.1. The predicted molar refractivity (Wildman–Crippen MR) is 211 cm³/mol. The lowest BCUT2D eigenvalue weighted by Crippen LogP contribution is -2.28. The number of furan rings is 1. The Balaban J connectivity index is 1.33. The van der Waals surface area contributed by atoms with Gasteiger partial charge in [-0.15, -0.1) is 0 Å². The van der Waals surface area contributed by atoms with Crippen molar-refractivity contribution < 1.29 is 14.0 Å². The Bertz CT molecular complexity index is 3040. The second-order valence-electron chi connectivity index (χ2n) is 12.7. The van der Waals surface area contributed by atoms with Crippen LogP contribution in [0.4, 0.5) is 17.1 Å². The number of hydrogen-bond acceptors (Lipinski definition) is 2. The first-order chi connectivity index (χ1) is 28.2. The molecule has 240 valence electrons. The molecule has 1 aromatic heterocycles. The van der Waals surface area contributed by atoms with Gasteiger partial charge < -0.3 is 9.32 Å². The van der Waals surface area contributed by atoms with Crippen LogP contribution in [0.2, 0.25) is 0 Å². The van der Waals surface area contributed by atoms with E-state index in [1.165, 1.54) is 0 Å². The van der Waals surface area contributed by atoms with Gasteiger partial charge in [-0.05, 0) is 86.9 Å². The largest absolute Gasteiger partial charge is 0.456 e. The quantitative estimate of drug-likeness (QED) is 0.177. The summed E-state index contributed by atoms with van der Waals surface area (Å²) in [6.45, 7) is 0. The summed E-state index contributed by atoms with van der Waals surface area (Å²) in [5, 5.41) is 0.224. The Morgan fingerprint density at radius 3 is 1.80 bits per heavy atom. The van der Waals surface area contributed by atoms with Crippen LogP contribution < -0.4 is 4.90 Å². The first kappa shape index (κ1) is 22.9. The van der Waals surface area contributed by atoms with Crippen LogP contribution >= 0.6 is 0 Å². The monoisotopic (exact) mass is 658 g/mol. The zero-order valence-corrected chi connectivity index (χ0v) is 27.4. The highest BCUT2D eigenvalue weighted by molar-refractivity contribution is 6.13. The van der Waals surface area contributed by atoms with Gasteiger partial charge in [-0.2, -0.15) is 0 Å². The van der Waals surface area contributed by atoms with Crippen molar-refractivity contribution in [2.75, 3.05) is 4.90 Å². The summed E-state index contributed by atoms with van der Waals surface area (Å²) < 4.78 is 68.6. The van der Waals surface area contributed by atoms with Crippen molar-refractivity contribution in [2.45, 2.75) is 5.41 Å². The number of rotatable bonds is 6. The molecule has 2 nitrogen and oxygen atoms in total. The lowest BCUT2D eigenvalue weighted by molar-refractivity contribution is 0.669. The van der Waals surface area contributed by atoms with Crippen molar-refractivity contribution in [1.29, 1.82) is 0 Å². The van der Waals surface area contributed by atoms with Crippen LogP contribution in [0.15, 0.2) is 204 Å². The number of nitrogens with zero attached hydrogens (tertiary/aromatic N) is 1. The molecule has 10 rings (SSSR count). The number of anilines is 3. The fourth-order valence-electron chi connectivity index (χ4n) is 7.92. The van der Waals surface area contributed by atoms with E-state index in [0.717, 1.165) is 44.5 Å². The molecular weight excluding hydrogens is 619 g/mol. The van der Waals surface area contributed by atoms with Gasteiger partial charge in [0, 0.05) is 16.8 Å². The van der Waals surface area contributed by atoms with E-state index in [4.69, 9.17) is 12.6 Å². The van der Waals surface area contributed by atoms with Crippen LogP contribution in [0, 0.1) is 0 Å². The lowest BCUT2D eigenvalue weighted by Gasteiger charge is -2.35. The Morgan fingerprint density at radius 2 is 1.06 bits per heavy atom. The smallest absolute Gasteiger partial charge is 0.137 e. The van der Waals surface area contributed by atoms with Crippen molar-refractivity contribution in [1.82, 2.24) is 0 Å². The third kappa shape index (κ3) is 4.50. The molecule has 8 aromatic carbocycles. The van der Waals surface area contributed by atoms with E-state index in [2.05, 4.69) is 84.9 Å². The molecule has 1 aliphatic carbocycles. The topological polar surface area (TPSA) is 16.4 Å². The molecule has 0 fully saturated rings. The molecule has 0 saturated heterocycles. The van der Waals surface area contributed by atoms with Crippen LogP contribution in [-0.2, 0) is 5.41 Å². The van der Waals surface area contributed by atoms with Crippen molar-refractivity contribution in [3.8, 4) is 22.3 Å². The van der Waals surface area contributed by atoms with Crippen LogP contribution in [0.3, 0.4) is 0 Å². The number of fused-ring (bicyclic) bond motifs is 6. The van der Waals surface area contributed by atoms with Gasteiger partial charge in [0.1, 0.15) is 11.2 Å². The van der Waals surface area contributed by atoms with Crippen LogP contribution in [0.5, 0.6) is 0 Å². The van der Waals surface area contributed by atoms with E-state index >= 15 is 0 Å². The van der Waals surface area contributed by atoms with E-state index in [0.29, 0.717) is 11.4 Å². The highest BCUT2D eigenvalue weighted by Crippen LogP contribution is 2.57. The minimum absolute atomic E-state index is 0.0559. The zero-order chi connectivity index (χ0) is 39.9. The minimum atomic E-state index is -0.737. The van der Waals surface area contributed by atoms with Crippen LogP contribution in [0.1, 0.15) is 31.8 Å². The Labute approximate surface area is 307 Å². The molecule has 9 aromatic rings. The third-order valence-electron chi connectivity index (χ3n) is 10.1. The highest BCUT2D eigenvalue weighted by Gasteiger charge is 2.46. The number of hydrogen-bond donors (Lipinski definition) is 0. The van der Waals surface area contributed by atoms with Gasteiger partial charge >= 0.3 is 0 Å². The molecule has 1 aliphatic rings. The molecule has 0 unspecified atom stereocenters. The van der Waals surface area contributed by atoms with E-state index < -0.39 is 17.5 Å². The highest BCUT2D eigenvalue weighted by atomic mass is 16.3. The molecule has 51 heavy (non-hydrogen) atoms. The van der Waals surface area contributed by atoms with Gasteiger partial charge in [0.2, 0.25) is 0 Å². The molecule has 0 radical (unpaired) electrons. The van der Waals surface area contributed by atoms with Gasteiger partial charge in [0.05, 0.1) is 26.1 Å². The molecule has 0 saturated carbocycles. The van der Waals surface area contributed by atoms with E-state index in [-0.39, 0.29) is 57.8 Å². The first-order valence-corrected chi connectivity index (χ1v) is 16.9. The molecule has 0 atom stereocenters. The third-order valence-corrected chi connectivity index (χ3v) is 10.1. The van der Waals surface area contributed by atoms with Crippen molar-refractivity contribution >= 4 is 39.0 Å². The minimum Gasteiger partial charge on any atom is -0.456 e. The maximum Gasteiger partial charge on any atom is 0.137 e. The summed E-state index contributed by atoms with van der Waals surface area (Å²) in [4.78, 5) is 1.87. The fourth-order valence-corrected chi connectivity index (χ4v) is 7.92. The van der Waals surface area contributed by atoms with E-state index in [1.807, 2.05) is 77.7 Å². The van der Waals surface area contributed by atoms with Gasteiger partial charge in [0.15, 0.2) is 0 Å². The second-order valence-corrected chi connectivity index (χ2v) is 12.7. The average Bonchev–Trinajstić information content (AvgIpc) is 3.82. The average molecular weight is 659 g/mol. The summed E-state index contributed by atoms with van der Waals surface area (Å²) in [6.07, 6.45) is 0. The van der Waals surface area contributed by atoms with Crippen molar-refractivity contribution in [3.05, 3.63) is 222 Å². The SMILES string of the molecule is [2H]c1c([2H])c([2H])c2c(oc3c([2H])c([2H])c([2H])c(N(c4ccc(-c5ccccc5)cc4)c4ccc5c(c4)C(c4ccccc4)(c4ccccc4)c4ccccc4-5)c32)c1[2H].